The number of hydrogen-bond acceptors (Lipinski definition) is 5. The first-order valence-electron chi connectivity index (χ1n) is 10.2. The van der Waals surface area contributed by atoms with Crippen LogP contribution in [-0.2, 0) is 0 Å². The fourth-order valence-corrected chi connectivity index (χ4v) is 3.41. The van der Waals surface area contributed by atoms with E-state index in [2.05, 4.69) is 41.6 Å². The first kappa shape index (κ1) is 21.5. The largest absolute Gasteiger partial charge is 0.497 e. The van der Waals surface area contributed by atoms with Crippen LogP contribution in [0.15, 0.2) is 71.1 Å². The van der Waals surface area contributed by atoms with Crippen LogP contribution < -0.4 is 15.4 Å². The number of thiocarbonyl (C=S) groups is 1. The van der Waals surface area contributed by atoms with Gasteiger partial charge in [-0.2, -0.15) is 0 Å². The molecule has 1 aromatic heterocycles. The summed E-state index contributed by atoms with van der Waals surface area (Å²) in [6, 6.07) is 20.4. The Balaban J connectivity index is 1.41. The zero-order valence-corrected chi connectivity index (χ0v) is 18.8. The average Bonchev–Trinajstić information content (AvgIpc) is 3.23. The van der Waals surface area contributed by atoms with Gasteiger partial charge in [0.2, 0.25) is 5.89 Å². The van der Waals surface area contributed by atoms with E-state index in [9.17, 15) is 4.79 Å². The number of rotatable bonds is 5. The molecule has 0 bridgehead atoms. The van der Waals surface area contributed by atoms with Crippen molar-refractivity contribution in [2.75, 3.05) is 12.4 Å². The lowest BCUT2D eigenvalue weighted by Gasteiger charge is -2.10. The van der Waals surface area contributed by atoms with E-state index in [4.69, 9.17) is 21.4 Å². The molecule has 0 fully saturated rings. The molecule has 1 heterocycles. The molecule has 2 N–H and O–H groups in total. The zero-order chi connectivity index (χ0) is 22.7. The minimum Gasteiger partial charge on any atom is -0.497 e. The highest BCUT2D eigenvalue weighted by Gasteiger charge is 2.11. The Hall–Kier alpha value is -3.71. The molecule has 0 aliphatic rings. The van der Waals surface area contributed by atoms with Gasteiger partial charge >= 0.3 is 0 Å². The Labute approximate surface area is 191 Å². The van der Waals surface area contributed by atoms with Crippen LogP contribution in [-0.4, -0.2) is 23.1 Å². The molecule has 0 atom stereocenters. The van der Waals surface area contributed by atoms with Crippen LogP contribution >= 0.6 is 12.2 Å². The molecule has 1 amide bonds. The van der Waals surface area contributed by atoms with E-state index in [0.717, 1.165) is 22.4 Å². The van der Waals surface area contributed by atoms with Gasteiger partial charge in [0.05, 0.1) is 7.11 Å². The van der Waals surface area contributed by atoms with E-state index < -0.39 is 0 Å². The van der Waals surface area contributed by atoms with Gasteiger partial charge < -0.3 is 14.5 Å². The van der Waals surface area contributed by atoms with Gasteiger partial charge in [-0.1, -0.05) is 19.9 Å². The third-order valence-electron chi connectivity index (χ3n) is 5.05. The van der Waals surface area contributed by atoms with Crippen molar-refractivity contribution in [3.8, 4) is 17.2 Å². The van der Waals surface area contributed by atoms with E-state index in [1.165, 1.54) is 5.56 Å². The summed E-state index contributed by atoms with van der Waals surface area (Å²) in [5, 5.41) is 5.89. The minimum absolute atomic E-state index is 0.210. The van der Waals surface area contributed by atoms with E-state index >= 15 is 0 Å². The first-order chi connectivity index (χ1) is 15.4. The summed E-state index contributed by atoms with van der Waals surface area (Å²) in [5.41, 5.74) is 4.91. The number of methoxy groups -OCH3 is 1. The van der Waals surface area contributed by atoms with Crippen molar-refractivity contribution in [1.82, 2.24) is 10.3 Å². The number of aromatic nitrogens is 1. The number of carbonyl (C=O) groups is 1. The van der Waals surface area contributed by atoms with Crippen molar-refractivity contribution in [2.45, 2.75) is 19.8 Å². The second-order valence-corrected chi connectivity index (χ2v) is 8.02. The number of benzene rings is 3. The molecular formula is C25H23N3O3S. The fourth-order valence-electron chi connectivity index (χ4n) is 3.20. The molecule has 0 spiro atoms. The number of hydrogen-bond donors (Lipinski definition) is 2. The van der Waals surface area contributed by atoms with Crippen LogP contribution in [0.3, 0.4) is 0 Å². The van der Waals surface area contributed by atoms with Crippen molar-refractivity contribution in [3.63, 3.8) is 0 Å². The van der Waals surface area contributed by atoms with Gasteiger partial charge in [0.15, 0.2) is 10.7 Å². The zero-order valence-electron chi connectivity index (χ0n) is 18.0. The number of ether oxygens (including phenoxy) is 1. The SMILES string of the molecule is COc1ccc(C(=O)NC(=S)Nc2ccc(-c3nc4cc(C(C)C)ccc4o3)cc2)cc1. The van der Waals surface area contributed by atoms with Crippen molar-refractivity contribution in [1.29, 1.82) is 0 Å². The Kier molecular flexibility index (Phi) is 6.18. The Morgan fingerprint density at radius 3 is 2.41 bits per heavy atom. The standard InChI is InChI=1S/C25H23N3O3S/c1-15(2)18-8-13-22-21(14-18)27-24(31-22)17-4-9-19(10-5-17)26-25(32)28-23(29)16-6-11-20(30-3)12-7-16/h4-15H,1-3H3,(H2,26,28,29,32). The normalized spacial score (nSPS) is 10.9. The molecule has 4 rings (SSSR count). The lowest BCUT2D eigenvalue weighted by Crippen LogP contribution is -2.34. The molecule has 7 heteroatoms. The highest BCUT2D eigenvalue weighted by Crippen LogP contribution is 2.27. The predicted octanol–water partition coefficient (Wildman–Crippen LogP) is 5.75. The van der Waals surface area contributed by atoms with Gasteiger partial charge in [-0.25, -0.2) is 4.98 Å². The molecule has 3 aromatic carbocycles. The summed E-state index contributed by atoms with van der Waals surface area (Å²) in [5.74, 6) is 1.37. The van der Waals surface area contributed by atoms with Gasteiger partial charge in [-0.05, 0) is 84.4 Å². The van der Waals surface area contributed by atoms with Gasteiger partial charge in [0, 0.05) is 16.8 Å². The van der Waals surface area contributed by atoms with E-state index in [-0.39, 0.29) is 11.0 Å². The molecule has 0 aliphatic carbocycles. The molecule has 162 valence electrons. The Morgan fingerprint density at radius 2 is 1.75 bits per heavy atom. The van der Waals surface area contributed by atoms with Crippen LogP contribution in [0, 0.1) is 0 Å². The maximum absolute atomic E-state index is 12.3. The summed E-state index contributed by atoms with van der Waals surface area (Å²) in [6.07, 6.45) is 0. The topological polar surface area (TPSA) is 76.4 Å². The second-order valence-electron chi connectivity index (χ2n) is 7.61. The molecular weight excluding hydrogens is 422 g/mol. The van der Waals surface area contributed by atoms with Crippen molar-refractivity contribution < 1.29 is 13.9 Å². The van der Waals surface area contributed by atoms with Gasteiger partial charge in [0.1, 0.15) is 11.3 Å². The third kappa shape index (κ3) is 4.78. The van der Waals surface area contributed by atoms with Gasteiger partial charge in [-0.15, -0.1) is 0 Å². The number of carbonyl (C=O) groups excluding carboxylic acids is 1. The fraction of sp³-hybridized carbons (Fsp3) is 0.160. The molecule has 32 heavy (non-hydrogen) atoms. The molecule has 0 unspecified atom stereocenters. The predicted molar refractivity (Wildman–Crippen MR) is 130 cm³/mol. The number of fused-ring (bicyclic) bond motifs is 1. The summed E-state index contributed by atoms with van der Waals surface area (Å²) in [4.78, 5) is 17.0. The maximum Gasteiger partial charge on any atom is 0.257 e. The van der Waals surface area contributed by atoms with Gasteiger partial charge in [-0.3, -0.25) is 10.1 Å². The molecule has 4 aromatic rings. The number of anilines is 1. The van der Waals surface area contributed by atoms with E-state index in [1.54, 1.807) is 31.4 Å². The minimum atomic E-state index is -0.297. The lowest BCUT2D eigenvalue weighted by atomic mass is 10.0. The summed E-state index contributed by atoms with van der Waals surface area (Å²) >= 11 is 5.27. The van der Waals surface area contributed by atoms with Crippen molar-refractivity contribution in [2.24, 2.45) is 0 Å². The third-order valence-corrected chi connectivity index (χ3v) is 5.25. The number of amides is 1. The lowest BCUT2D eigenvalue weighted by molar-refractivity contribution is 0.0977. The Bertz CT molecular complexity index is 1260. The first-order valence-corrected chi connectivity index (χ1v) is 10.6. The monoisotopic (exact) mass is 445 g/mol. The van der Waals surface area contributed by atoms with Crippen molar-refractivity contribution in [3.05, 3.63) is 77.9 Å². The van der Waals surface area contributed by atoms with Crippen LogP contribution in [0.25, 0.3) is 22.6 Å². The molecule has 6 nitrogen and oxygen atoms in total. The average molecular weight is 446 g/mol. The maximum atomic E-state index is 12.3. The number of oxazole rings is 1. The van der Waals surface area contributed by atoms with Crippen LogP contribution in [0.1, 0.15) is 35.7 Å². The smallest absolute Gasteiger partial charge is 0.257 e. The molecule has 0 aliphatic heterocycles. The van der Waals surface area contributed by atoms with Crippen molar-refractivity contribution >= 4 is 40.0 Å². The highest BCUT2D eigenvalue weighted by molar-refractivity contribution is 7.80. The number of nitrogens with one attached hydrogen (secondary N) is 2. The molecule has 0 saturated carbocycles. The van der Waals surface area contributed by atoms with Gasteiger partial charge in [0.25, 0.3) is 5.91 Å². The van der Waals surface area contributed by atoms with E-state index in [0.29, 0.717) is 23.1 Å². The van der Waals surface area contributed by atoms with Crippen LogP contribution in [0.4, 0.5) is 5.69 Å². The second kappa shape index (κ2) is 9.20. The summed E-state index contributed by atoms with van der Waals surface area (Å²) < 4.78 is 11.0. The Morgan fingerprint density at radius 1 is 1.03 bits per heavy atom. The van der Waals surface area contributed by atoms with Crippen LogP contribution in [0.2, 0.25) is 0 Å². The summed E-state index contributed by atoms with van der Waals surface area (Å²) in [7, 11) is 1.58. The molecule has 0 saturated heterocycles. The number of nitrogens with zero attached hydrogens (tertiary/aromatic N) is 1. The van der Waals surface area contributed by atoms with E-state index in [1.807, 2.05) is 30.3 Å². The molecule has 0 radical (unpaired) electrons. The summed E-state index contributed by atoms with van der Waals surface area (Å²) in [6.45, 7) is 4.30. The van der Waals surface area contributed by atoms with Crippen LogP contribution in [0.5, 0.6) is 5.75 Å². The highest BCUT2D eigenvalue weighted by atomic mass is 32.1. The quantitative estimate of drug-likeness (QED) is 0.381.